The summed E-state index contributed by atoms with van der Waals surface area (Å²) in [5.41, 5.74) is 6.39. The van der Waals surface area contributed by atoms with Crippen LogP contribution in [0.5, 0.6) is 0 Å². The molecular weight excluding hydrogens is 191 g/mol. The molecule has 0 bridgehead atoms. The molecule has 2 unspecified atom stereocenters. The van der Waals surface area contributed by atoms with Gasteiger partial charge < -0.3 is 11.1 Å². The SMILES string of the molecule is NCCC1NCCC1c1ccccc1F. The van der Waals surface area contributed by atoms with E-state index in [0.717, 1.165) is 24.9 Å². The van der Waals surface area contributed by atoms with Gasteiger partial charge in [0.2, 0.25) is 0 Å². The van der Waals surface area contributed by atoms with Crippen molar-refractivity contribution in [2.45, 2.75) is 24.8 Å². The maximum Gasteiger partial charge on any atom is 0.126 e. The Morgan fingerprint density at radius 3 is 2.93 bits per heavy atom. The molecule has 1 aliphatic heterocycles. The monoisotopic (exact) mass is 208 g/mol. The number of halogens is 1. The van der Waals surface area contributed by atoms with Gasteiger partial charge in [0.05, 0.1) is 0 Å². The Morgan fingerprint density at radius 1 is 1.40 bits per heavy atom. The minimum Gasteiger partial charge on any atom is -0.330 e. The van der Waals surface area contributed by atoms with Gasteiger partial charge in [0, 0.05) is 12.0 Å². The van der Waals surface area contributed by atoms with Crippen LogP contribution in [0.3, 0.4) is 0 Å². The van der Waals surface area contributed by atoms with Crippen LogP contribution in [0.2, 0.25) is 0 Å². The highest BCUT2D eigenvalue weighted by atomic mass is 19.1. The molecule has 2 rings (SSSR count). The average Bonchev–Trinajstić information content (AvgIpc) is 2.67. The summed E-state index contributed by atoms with van der Waals surface area (Å²) in [6.45, 7) is 1.62. The van der Waals surface area contributed by atoms with Gasteiger partial charge in [-0.05, 0) is 37.6 Å². The fraction of sp³-hybridized carbons (Fsp3) is 0.500. The Labute approximate surface area is 89.7 Å². The Kier molecular flexibility index (Phi) is 3.34. The topological polar surface area (TPSA) is 38.0 Å². The van der Waals surface area contributed by atoms with Gasteiger partial charge in [0.25, 0.3) is 0 Å². The second-order valence-corrected chi connectivity index (χ2v) is 4.05. The molecule has 3 N–H and O–H groups in total. The fourth-order valence-electron chi connectivity index (χ4n) is 2.40. The first-order valence-electron chi connectivity index (χ1n) is 5.51. The maximum absolute atomic E-state index is 13.6. The van der Waals surface area contributed by atoms with E-state index in [4.69, 9.17) is 5.73 Å². The lowest BCUT2D eigenvalue weighted by molar-refractivity contribution is 0.494. The van der Waals surface area contributed by atoms with E-state index in [0.29, 0.717) is 12.6 Å². The van der Waals surface area contributed by atoms with Crippen LogP contribution in [0.4, 0.5) is 4.39 Å². The molecule has 1 aliphatic rings. The summed E-state index contributed by atoms with van der Waals surface area (Å²) in [5.74, 6) is 0.197. The van der Waals surface area contributed by atoms with Gasteiger partial charge in [0.1, 0.15) is 5.82 Å². The zero-order valence-electron chi connectivity index (χ0n) is 8.75. The van der Waals surface area contributed by atoms with Gasteiger partial charge in [-0.25, -0.2) is 4.39 Å². The first-order valence-corrected chi connectivity index (χ1v) is 5.51. The number of nitrogens with one attached hydrogen (secondary N) is 1. The second-order valence-electron chi connectivity index (χ2n) is 4.05. The smallest absolute Gasteiger partial charge is 0.126 e. The molecule has 0 aliphatic carbocycles. The minimum atomic E-state index is -0.0896. The summed E-state index contributed by atoms with van der Waals surface area (Å²) in [4.78, 5) is 0. The molecule has 0 radical (unpaired) electrons. The third-order valence-corrected chi connectivity index (χ3v) is 3.13. The largest absolute Gasteiger partial charge is 0.330 e. The molecular formula is C12H17FN2. The first kappa shape index (κ1) is 10.6. The predicted octanol–water partition coefficient (Wildman–Crippen LogP) is 1.62. The molecule has 0 spiro atoms. The van der Waals surface area contributed by atoms with Crippen LogP contribution >= 0.6 is 0 Å². The summed E-state index contributed by atoms with van der Waals surface area (Å²) < 4.78 is 13.6. The van der Waals surface area contributed by atoms with Gasteiger partial charge in [0.15, 0.2) is 0 Å². The van der Waals surface area contributed by atoms with Crippen molar-refractivity contribution in [3.05, 3.63) is 35.6 Å². The van der Waals surface area contributed by atoms with Crippen molar-refractivity contribution in [1.29, 1.82) is 0 Å². The number of nitrogens with two attached hydrogens (primary N) is 1. The highest BCUT2D eigenvalue weighted by Gasteiger charge is 2.28. The highest BCUT2D eigenvalue weighted by molar-refractivity contribution is 5.24. The van der Waals surface area contributed by atoms with E-state index in [1.807, 2.05) is 12.1 Å². The lowest BCUT2D eigenvalue weighted by Gasteiger charge is -2.19. The van der Waals surface area contributed by atoms with E-state index in [1.165, 1.54) is 6.07 Å². The van der Waals surface area contributed by atoms with Crippen molar-refractivity contribution in [1.82, 2.24) is 5.32 Å². The van der Waals surface area contributed by atoms with Gasteiger partial charge in [-0.1, -0.05) is 18.2 Å². The van der Waals surface area contributed by atoms with Crippen molar-refractivity contribution >= 4 is 0 Å². The predicted molar refractivity (Wildman–Crippen MR) is 59.2 cm³/mol. The van der Waals surface area contributed by atoms with Crippen molar-refractivity contribution in [3.8, 4) is 0 Å². The fourth-order valence-corrected chi connectivity index (χ4v) is 2.40. The van der Waals surface area contributed by atoms with E-state index in [-0.39, 0.29) is 11.7 Å². The third-order valence-electron chi connectivity index (χ3n) is 3.13. The molecule has 2 nitrogen and oxygen atoms in total. The second kappa shape index (κ2) is 4.73. The maximum atomic E-state index is 13.6. The quantitative estimate of drug-likeness (QED) is 0.792. The number of benzene rings is 1. The zero-order chi connectivity index (χ0) is 10.7. The van der Waals surface area contributed by atoms with Gasteiger partial charge >= 0.3 is 0 Å². The zero-order valence-corrected chi connectivity index (χ0v) is 8.75. The molecule has 1 heterocycles. The van der Waals surface area contributed by atoms with Crippen LogP contribution in [0.15, 0.2) is 24.3 Å². The molecule has 1 fully saturated rings. The third kappa shape index (κ3) is 2.19. The molecule has 0 amide bonds. The molecule has 0 saturated carbocycles. The van der Waals surface area contributed by atoms with Crippen LogP contribution in [0.1, 0.15) is 24.3 Å². The van der Waals surface area contributed by atoms with Crippen molar-refractivity contribution in [3.63, 3.8) is 0 Å². The normalized spacial score (nSPS) is 25.7. The molecule has 82 valence electrons. The van der Waals surface area contributed by atoms with Crippen molar-refractivity contribution < 1.29 is 4.39 Å². The number of hydrogen-bond donors (Lipinski definition) is 2. The Bertz CT molecular complexity index is 327. The minimum absolute atomic E-state index is 0.0896. The molecule has 1 aromatic carbocycles. The highest BCUT2D eigenvalue weighted by Crippen LogP contribution is 2.30. The van der Waals surface area contributed by atoms with Crippen molar-refractivity contribution in [2.24, 2.45) is 5.73 Å². The van der Waals surface area contributed by atoms with E-state index in [2.05, 4.69) is 5.32 Å². The summed E-state index contributed by atoms with van der Waals surface area (Å²) in [6.07, 6.45) is 1.92. The molecule has 15 heavy (non-hydrogen) atoms. The molecule has 3 heteroatoms. The molecule has 0 aromatic heterocycles. The van der Waals surface area contributed by atoms with E-state index in [1.54, 1.807) is 6.07 Å². The number of hydrogen-bond acceptors (Lipinski definition) is 2. The Balaban J connectivity index is 2.19. The lowest BCUT2D eigenvalue weighted by Crippen LogP contribution is -2.28. The van der Waals surface area contributed by atoms with Gasteiger partial charge in [-0.2, -0.15) is 0 Å². The average molecular weight is 208 g/mol. The first-order chi connectivity index (χ1) is 7.33. The van der Waals surface area contributed by atoms with E-state index in [9.17, 15) is 4.39 Å². The summed E-state index contributed by atoms with van der Waals surface area (Å²) in [7, 11) is 0. The van der Waals surface area contributed by atoms with E-state index >= 15 is 0 Å². The summed E-state index contributed by atoms with van der Waals surface area (Å²) in [6, 6.07) is 7.39. The Hall–Kier alpha value is -0.930. The van der Waals surface area contributed by atoms with Crippen LogP contribution in [-0.4, -0.2) is 19.1 Å². The molecule has 1 aromatic rings. The van der Waals surface area contributed by atoms with Gasteiger partial charge in [-0.3, -0.25) is 0 Å². The van der Waals surface area contributed by atoms with E-state index < -0.39 is 0 Å². The van der Waals surface area contributed by atoms with Crippen LogP contribution in [-0.2, 0) is 0 Å². The van der Waals surface area contributed by atoms with Crippen molar-refractivity contribution in [2.75, 3.05) is 13.1 Å². The number of rotatable bonds is 3. The molecule has 2 atom stereocenters. The van der Waals surface area contributed by atoms with Crippen LogP contribution < -0.4 is 11.1 Å². The van der Waals surface area contributed by atoms with Gasteiger partial charge in [-0.15, -0.1) is 0 Å². The summed E-state index contributed by atoms with van der Waals surface area (Å²) >= 11 is 0. The standard InChI is InChI=1S/C12H17FN2/c13-11-4-2-1-3-9(11)10-6-8-15-12(10)5-7-14/h1-4,10,12,15H,5-8,14H2. The van der Waals surface area contributed by atoms with Crippen LogP contribution in [0.25, 0.3) is 0 Å². The Morgan fingerprint density at radius 2 is 2.20 bits per heavy atom. The lowest BCUT2D eigenvalue weighted by atomic mass is 9.90. The van der Waals surface area contributed by atoms with Crippen LogP contribution in [0, 0.1) is 5.82 Å². The summed E-state index contributed by atoms with van der Waals surface area (Å²) in [5, 5.41) is 3.39. The molecule has 1 saturated heterocycles.